The standard InChI is InChI=1S/C16H23N5O/c1-11-9-12(2)21(20-11)16-8-7-15(18-19-16)17-10-13-5-3-4-6-14(13)22/h7-9,13-14,22H,3-6,10H2,1-2H3,(H,17,18)/t13-,14+/m1/s1. The van der Waals surface area contributed by atoms with Crippen molar-refractivity contribution in [3.63, 3.8) is 0 Å². The third-order valence-electron chi connectivity index (χ3n) is 4.29. The summed E-state index contributed by atoms with van der Waals surface area (Å²) in [5.41, 5.74) is 2.01. The molecule has 0 aromatic carbocycles. The molecule has 2 aromatic rings. The number of aliphatic hydroxyl groups excluding tert-OH is 1. The fraction of sp³-hybridized carbons (Fsp3) is 0.562. The van der Waals surface area contributed by atoms with Gasteiger partial charge < -0.3 is 10.4 Å². The van der Waals surface area contributed by atoms with E-state index in [4.69, 9.17) is 0 Å². The maximum absolute atomic E-state index is 9.98. The molecule has 0 amide bonds. The molecule has 0 saturated heterocycles. The van der Waals surface area contributed by atoms with Crippen molar-refractivity contribution in [1.82, 2.24) is 20.0 Å². The highest BCUT2D eigenvalue weighted by Crippen LogP contribution is 2.24. The minimum Gasteiger partial charge on any atom is -0.393 e. The molecule has 6 nitrogen and oxygen atoms in total. The molecule has 22 heavy (non-hydrogen) atoms. The van der Waals surface area contributed by atoms with Crippen LogP contribution in [0.5, 0.6) is 0 Å². The topological polar surface area (TPSA) is 75.9 Å². The highest BCUT2D eigenvalue weighted by atomic mass is 16.3. The number of rotatable bonds is 4. The van der Waals surface area contributed by atoms with Gasteiger partial charge >= 0.3 is 0 Å². The van der Waals surface area contributed by atoms with Crippen LogP contribution < -0.4 is 5.32 Å². The highest BCUT2D eigenvalue weighted by Gasteiger charge is 2.22. The fourth-order valence-electron chi connectivity index (χ4n) is 3.06. The second-order valence-electron chi connectivity index (χ2n) is 6.11. The van der Waals surface area contributed by atoms with Crippen molar-refractivity contribution in [2.75, 3.05) is 11.9 Å². The molecule has 2 aromatic heterocycles. The Kier molecular flexibility index (Phi) is 4.38. The molecule has 118 valence electrons. The molecule has 6 heteroatoms. The average Bonchev–Trinajstić information content (AvgIpc) is 2.86. The Morgan fingerprint density at radius 3 is 2.68 bits per heavy atom. The van der Waals surface area contributed by atoms with Crippen LogP contribution in [-0.2, 0) is 0 Å². The van der Waals surface area contributed by atoms with Crippen LogP contribution in [0.25, 0.3) is 5.82 Å². The van der Waals surface area contributed by atoms with E-state index in [-0.39, 0.29) is 6.10 Å². The second-order valence-corrected chi connectivity index (χ2v) is 6.11. The van der Waals surface area contributed by atoms with Gasteiger partial charge in [0.05, 0.1) is 11.8 Å². The Balaban J connectivity index is 1.63. The molecule has 0 radical (unpaired) electrons. The predicted octanol–water partition coefficient (Wildman–Crippen LogP) is 2.24. The molecule has 0 spiro atoms. The van der Waals surface area contributed by atoms with Crippen LogP contribution in [-0.4, -0.2) is 37.7 Å². The van der Waals surface area contributed by atoms with Crippen LogP contribution in [0.2, 0.25) is 0 Å². The molecule has 2 heterocycles. The van der Waals surface area contributed by atoms with E-state index in [9.17, 15) is 5.11 Å². The molecule has 2 N–H and O–H groups in total. The van der Waals surface area contributed by atoms with Crippen molar-refractivity contribution in [2.45, 2.75) is 45.6 Å². The number of anilines is 1. The molecule has 0 unspecified atom stereocenters. The van der Waals surface area contributed by atoms with Crippen LogP contribution >= 0.6 is 0 Å². The summed E-state index contributed by atoms with van der Waals surface area (Å²) in [5, 5.41) is 26.1. The van der Waals surface area contributed by atoms with Gasteiger partial charge in [0, 0.05) is 18.2 Å². The van der Waals surface area contributed by atoms with E-state index in [1.165, 1.54) is 6.42 Å². The molecule has 0 aliphatic heterocycles. The number of aryl methyl sites for hydroxylation is 2. The first-order chi connectivity index (χ1) is 10.6. The molecular formula is C16H23N5O. The number of aromatic nitrogens is 4. The predicted molar refractivity (Wildman–Crippen MR) is 85.1 cm³/mol. The minimum atomic E-state index is -0.191. The van der Waals surface area contributed by atoms with Crippen molar-refractivity contribution in [2.24, 2.45) is 5.92 Å². The third kappa shape index (κ3) is 3.27. The Bertz CT molecular complexity index is 622. The van der Waals surface area contributed by atoms with Gasteiger partial charge in [-0.05, 0) is 44.9 Å². The van der Waals surface area contributed by atoms with Crippen molar-refractivity contribution in [1.29, 1.82) is 0 Å². The fourth-order valence-corrected chi connectivity index (χ4v) is 3.06. The summed E-state index contributed by atoms with van der Waals surface area (Å²) < 4.78 is 1.79. The number of aliphatic hydroxyl groups is 1. The van der Waals surface area contributed by atoms with Gasteiger partial charge in [0.15, 0.2) is 5.82 Å². The summed E-state index contributed by atoms with van der Waals surface area (Å²) in [6, 6.07) is 5.83. The zero-order chi connectivity index (χ0) is 15.5. The largest absolute Gasteiger partial charge is 0.393 e. The lowest BCUT2D eigenvalue weighted by Gasteiger charge is -2.27. The van der Waals surface area contributed by atoms with Crippen LogP contribution in [0.3, 0.4) is 0 Å². The summed E-state index contributed by atoms with van der Waals surface area (Å²) in [6.45, 7) is 4.70. The van der Waals surface area contributed by atoms with Crippen LogP contribution in [0, 0.1) is 19.8 Å². The Hall–Kier alpha value is -1.95. The first-order valence-corrected chi connectivity index (χ1v) is 7.93. The van der Waals surface area contributed by atoms with Gasteiger partial charge in [-0.25, -0.2) is 4.68 Å². The molecular weight excluding hydrogens is 278 g/mol. The second kappa shape index (κ2) is 6.44. The lowest BCUT2D eigenvalue weighted by molar-refractivity contribution is 0.0763. The molecule has 0 bridgehead atoms. The smallest absolute Gasteiger partial charge is 0.176 e. The van der Waals surface area contributed by atoms with Gasteiger partial charge in [0.1, 0.15) is 5.82 Å². The van der Waals surface area contributed by atoms with Gasteiger partial charge in [-0.2, -0.15) is 5.10 Å². The Morgan fingerprint density at radius 2 is 2.05 bits per heavy atom. The summed E-state index contributed by atoms with van der Waals surface area (Å²) in [6.07, 6.45) is 4.13. The van der Waals surface area contributed by atoms with Crippen molar-refractivity contribution < 1.29 is 5.11 Å². The van der Waals surface area contributed by atoms with Crippen LogP contribution in [0.1, 0.15) is 37.1 Å². The first-order valence-electron chi connectivity index (χ1n) is 7.93. The lowest BCUT2D eigenvalue weighted by atomic mass is 9.86. The summed E-state index contributed by atoms with van der Waals surface area (Å²) >= 11 is 0. The minimum absolute atomic E-state index is 0.191. The Labute approximate surface area is 130 Å². The maximum Gasteiger partial charge on any atom is 0.176 e. The van der Waals surface area contributed by atoms with E-state index in [0.717, 1.165) is 43.0 Å². The SMILES string of the molecule is Cc1cc(C)n(-c2ccc(NC[C@H]3CCCC[C@@H]3O)nn2)n1. The van der Waals surface area contributed by atoms with Gasteiger partial charge in [0.25, 0.3) is 0 Å². The van der Waals surface area contributed by atoms with E-state index in [1.807, 2.05) is 32.0 Å². The van der Waals surface area contributed by atoms with Crippen molar-refractivity contribution in [3.05, 3.63) is 29.6 Å². The van der Waals surface area contributed by atoms with E-state index in [1.54, 1.807) is 4.68 Å². The molecule has 3 rings (SSSR count). The van der Waals surface area contributed by atoms with E-state index >= 15 is 0 Å². The van der Waals surface area contributed by atoms with Gasteiger partial charge in [0.2, 0.25) is 0 Å². The van der Waals surface area contributed by atoms with E-state index in [0.29, 0.717) is 11.7 Å². The zero-order valence-electron chi connectivity index (χ0n) is 13.2. The van der Waals surface area contributed by atoms with Gasteiger partial charge in [-0.15, -0.1) is 10.2 Å². The summed E-state index contributed by atoms with van der Waals surface area (Å²) in [5.74, 6) is 1.77. The van der Waals surface area contributed by atoms with Crippen molar-refractivity contribution in [3.8, 4) is 5.82 Å². The maximum atomic E-state index is 9.98. The van der Waals surface area contributed by atoms with Crippen LogP contribution in [0.15, 0.2) is 18.2 Å². The van der Waals surface area contributed by atoms with E-state index < -0.39 is 0 Å². The number of hydrogen-bond acceptors (Lipinski definition) is 5. The zero-order valence-corrected chi connectivity index (χ0v) is 13.2. The van der Waals surface area contributed by atoms with E-state index in [2.05, 4.69) is 20.6 Å². The first kappa shape index (κ1) is 15.0. The summed E-state index contributed by atoms with van der Waals surface area (Å²) in [7, 11) is 0. The highest BCUT2D eigenvalue weighted by molar-refractivity contribution is 5.37. The quantitative estimate of drug-likeness (QED) is 0.906. The average molecular weight is 301 g/mol. The van der Waals surface area contributed by atoms with Gasteiger partial charge in [-0.3, -0.25) is 0 Å². The Morgan fingerprint density at radius 1 is 1.23 bits per heavy atom. The van der Waals surface area contributed by atoms with Crippen molar-refractivity contribution >= 4 is 5.82 Å². The molecule has 1 saturated carbocycles. The number of nitrogens with one attached hydrogen (secondary N) is 1. The summed E-state index contributed by atoms with van der Waals surface area (Å²) in [4.78, 5) is 0. The lowest BCUT2D eigenvalue weighted by Crippen LogP contribution is -2.30. The molecule has 1 fully saturated rings. The number of hydrogen-bond donors (Lipinski definition) is 2. The monoisotopic (exact) mass is 301 g/mol. The normalized spacial score (nSPS) is 21.8. The third-order valence-corrected chi connectivity index (χ3v) is 4.29. The molecule has 1 aliphatic rings. The number of nitrogens with zero attached hydrogens (tertiary/aromatic N) is 4. The van der Waals surface area contributed by atoms with Gasteiger partial charge in [-0.1, -0.05) is 12.8 Å². The molecule has 1 aliphatic carbocycles. The van der Waals surface area contributed by atoms with Crippen LogP contribution in [0.4, 0.5) is 5.82 Å². The molecule has 2 atom stereocenters.